The molecule has 0 spiro atoms. The topological polar surface area (TPSA) is 110 Å². The van der Waals surface area contributed by atoms with E-state index in [0.717, 1.165) is 5.56 Å². The van der Waals surface area contributed by atoms with Gasteiger partial charge in [0.05, 0.1) is 18.1 Å². The van der Waals surface area contributed by atoms with Gasteiger partial charge in [-0.1, -0.05) is 19.1 Å². The molecular formula is C17H25N3O4S. The first-order chi connectivity index (χ1) is 11.8. The van der Waals surface area contributed by atoms with E-state index in [1.807, 2.05) is 6.92 Å². The second-order valence-electron chi connectivity index (χ2n) is 6.34. The molecule has 25 heavy (non-hydrogen) atoms. The van der Waals surface area contributed by atoms with E-state index in [2.05, 4.69) is 5.32 Å². The lowest BCUT2D eigenvalue weighted by molar-refractivity contribution is -0.121. The molecule has 1 aliphatic heterocycles. The van der Waals surface area contributed by atoms with E-state index in [-0.39, 0.29) is 30.5 Å². The molecule has 0 radical (unpaired) electrons. The van der Waals surface area contributed by atoms with E-state index in [1.54, 1.807) is 24.3 Å². The van der Waals surface area contributed by atoms with Crippen LogP contribution in [-0.4, -0.2) is 43.4 Å². The Kier molecular flexibility index (Phi) is 6.55. The molecule has 0 saturated carbocycles. The van der Waals surface area contributed by atoms with E-state index in [0.29, 0.717) is 31.5 Å². The zero-order valence-electron chi connectivity index (χ0n) is 14.4. The highest BCUT2D eigenvalue weighted by Gasteiger charge is 2.31. The van der Waals surface area contributed by atoms with E-state index in [1.165, 1.54) is 4.31 Å². The standard InChI is InChI=1S/C17H25N3O4S/c1-2-10-25(23,24)20-9-3-4-14(12-20)17(22)19-15-7-5-13(6-8-15)11-16(18)21/h5-8,14H,2-4,9-12H2,1H3,(H2,18,21)(H,19,22)/t14-/m1/s1. The number of carbonyl (C=O) groups excluding carboxylic acids is 2. The van der Waals surface area contributed by atoms with Crippen molar-refractivity contribution in [1.82, 2.24) is 4.31 Å². The second-order valence-corrected chi connectivity index (χ2v) is 8.43. The number of benzene rings is 1. The van der Waals surface area contributed by atoms with Gasteiger partial charge in [-0.15, -0.1) is 0 Å². The van der Waals surface area contributed by atoms with Crippen LogP contribution in [0.1, 0.15) is 31.7 Å². The van der Waals surface area contributed by atoms with Crippen molar-refractivity contribution in [3.8, 4) is 0 Å². The van der Waals surface area contributed by atoms with Gasteiger partial charge in [-0.3, -0.25) is 9.59 Å². The number of carbonyl (C=O) groups is 2. The lowest BCUT2D eigenvalue weighted by Crippen LogP contribution is -2.44. The summed E-state index contributed by atoms with van der Waals surface area (Å²) in [5.74, 6) is -0.833. The van der Waals surface area contributed by atoms with Crippen LogP contribution in [0.4, 0.5) is 5.69 Å². The molecule has 0 aromatic heterocycles. The number of amides is 2. The molecule has 1 aliphatic rings. The molecule has 1 aromatic carbocycles. The van der Waals surface area contributed by atoms with Crippen LogP contribution in [0.5, 0.6) is 0 Å². The highest BCUT2D eigenvalue weighted by atomic mass is 32.2. The number of primary amides is 1. The zero-order valence-corrected chi connectivity index (χ0v) is 15.2. The van der Waals surface area contributed by atoms with Crippen LogP contribution in [0.15, 0.2) is 24.3 Å². The minimum atomic E-state index is -3.28. The molecule has 1 fully saturated rings. The number of anilines is 1. The molecule has 1 aromatic rings. The number of hydrogen-bond donors (Lipinski definition) is 2. The molecule has 1 saturated heterocycles. The molecular weight excluding hydrogens is 342 g/mol. The fourth-order valence-electron chi connectivity index (χ4n) is 2.95. The maximum absolute atomic E-state index is 12.5. The summed E-state index contributed by atoms with van der Waals surface area (Å²) < 4.78 is 25.8. The van der Waals surface area contributed by atoms with Crippen molar-refractivity contribution in [2.24, 2.45) is 11.7 Å². The van der Waals surface area contributed by atoms with Crippen molar-refractivity contribution in [1.29, 1.82) is 0 Å². The van der Waals surface area contributed by atoms with Crippen LogP contribution in [-0.2, 0) is 26.0 Å². The molecule has 0 aliphatic carbocycles. The SMILES string of the molecule is CCCS(=O)(=O)N1CCC[C@@H](C(=O)Nc2ccc(CC(N)=O)cc2)C1. The average Bonchev–Trinajstić information content (AvgIpc) is 2.56. The van der Waals surface area contributed by atoms with Gasteiger partial charge in [0.25, 0.3) is 0 Å². The monoisotopic (exact) mass is 367 g/mol. The highest BCUT2D eigenvalue weighted by molar-refractivity contribution is 7.89. The van der Waals surface area contributed by atoms with E-state index in [4.69, 9.17) is 5.73 Å². The highest BCUT2D eigenvalue weighted by Crippen LogP contribution is 2.22. The predicted molar refractivity (Wildman–Crippen MR) is 96.3 cm³/mol. The molecule has 7 nitrogen and oxygen atoms in total. The Morgan fingerprint density at radius 2 is 1.96 bits per heavy atom. The smallest absolute Gasteiger partial charge is 0.228 e. The molecule has 138 valence electrons. The van der Waals surface area contributed by atoms with Gasteiger partial charge >= 0.3 is 0 Å². The van der Waals surface area contributed by atoms with Crippen LogP contribution >= 0.6 is 0 Å². The minimum absolute atomic E-state index is 0.114. The van der Waals surface area contributed by atoms with E-state index < -0.39 is 15.9 Å². The average molecular weight is 367 g/mol. The lowest BCUT2D eigenvalue weighted by atomic mass is 9.98. The molecule has 1 atom stereocenters. The van der Waals surface area contributed by atoms with Crippen LogP contribution in [0.2, 0.25) is 0 Å². The number of nitrogens with zero attached hydrogens (tertiary/aromatic N) is 1. The molecule has 2 amide bonds. The van der Waals surface area contributed by atoms with Crippen molar-refractivity contribution in [2.75, 3.05) is 24.2 Å². The van der Waals surface area contributed by atoms with E-state index >= 15 is 0 Å². The lowest BCUT2D eigenvalue weighted by Gasteiger charge is -2.31. The number of hydrogen-bond acceptors (Lipinski definition) is 4. The second kappa shape index (κ2) is 8.44. The molecule has 3 N–H and O–H groups in total. The van der Waals surface area contributed by atoms with Crippen molar-refractivity contribution in [2.45, 2.75) is 32.6 Å². The molecule has 1 heterocycles. The molecule has 0 unspecified atom stereocenters. The summed E-state index contributed by atoms with van der Waals surface area (Å²) in [6.07, 6.45) is 2.07. The molecule has 2 rings (SSSR count). The Morgan fingerprint density at radius 1 is 1.28 bits per heavy atom. The quantitative estimate of drug-likeness (QED) is 0.752. The Hall–Kier alpha value is -1.93. The molecule has 0 bridgehead atoms. The summed E-state index contributed by atoms with van der Waals surface area (Å²) in [6, 6.07) is 6.90. The fraction of sp³-hybridized carbons (Fsp3) is 0.529. The third-order valence-corrected chi connectivity index (χ3v) is 6.25. The number of nitrogens with one attached hydrogen (secondary N) is 1. The third kappa shape index (κ3) is 5.54. The zero-order chi connectivity index (χ0) is 18.4. The van der Waals surface area contributed by atoms with Crippen LogP contribution < -0.4 is 11.1 Å². The minimum Gasteiger partial charge on any atom is -0.369 e. The van der Waals surface area contributed by atoms with Gasteiger partial charge in [0.1, 0.15) is 0 Å². The van der Waals surface area contributed by atoms with Crippen LogP contribution in [0, 0.1) is 5.92 Å². The maximum atomic E-state index is 12.5. The summed E-state index contributed by atoms with van der Waals surface area (Å²) in [7, 11) is -3.28. The van der Waals surface area contributed by atoms with Gasteiger partial charge < -0.3 is 11.1 Å². The predicted octanol–water partition coefficient (Wildman–Crippen LogP) is 1.10. The summed E-state index contributed by atoms with van der Waals surface area (Å²) in [5, 5.41) is 2.82. The first-order valence-electron chi connectivity index (χ1n) is 8.47. The summed E-state index contributed by atoms with van der Waals surface area (Å²) in [6.45, 7) is 2.54. The maximum Gasteiger partial charge on any atom is 0.228 e. The normalized spacial score (nSPS) is 18.7. The third-order valence-electron chi connectivity index (χ3n) is 4.21. The van der Waals surface area contributed by atoms with Gasteiger partial charge in [-0.2, -0.15) is 0 Å². The van der Waals surface area contributed by atoms with Crippen molar-refractivity contribution < 1.29 is 18.0 Å². The summed E-state index contributed by atoms with van der Waals surface area (Å²) >= 11 is 0. The van der Waals surface area contributed by atoms with Gasteiger partial charge in [-0.25, -0.2) is 12.7 Å². The summed E-state index contributed by atoms with van der Waals surface area (Å²) in [4.78, 5) is 23.3. The summed E-state index contributed by atoms with van der Waals surface area (Å²) in [5.41, 5.74) is 6.54. The number of piperidine rings is 1. The fourth-order valence-corrected chi connectivity index (χ4v) is 4.54. The Labute approximate surface area is 148 Å². The van der Waals surface area contributed by atoms with Crippen LogP contribution in [0.3, 0.4) is 0 Å². The molecule has 8 heteroatoms. The number of sulfonamides is 1. The van der Waals surface area contributed by atoms with E-state index in [9.17, 15) is 18.0 Å². The van der Waals surface area contributed by atoms with Crippen molar-refractivity contribution >= 4 is 27.5 Å². The largest absolute Gasteiger partial charge is 0.369 e. The van der Waals surface area contributed by atoms with Gasteiger partial charge in [0, 0.05) is 18.8 Å². The van der Waals surface area contributed by atoms with Gasteiger partial charge in [-0.05, 0) is 37.0 Å². The van der Waals surface area contributed by atoms with Crippen LogP contribution in [0.25, 0.3) is 0 Å². The van der Waals surface area contributed by atoms with Gasteiger partial charge in [0.2, 0.25) is 21.8 Å². The van der Waals surface area contributed by atoms with Crippen molar-refractivity contribution in [3.63, 3.8) is 0 Å². The Morgan fingerprint density at radius 3 is 2.56 bits per heavy atom. The number of nitrogens with two attached hydrogens (primary N) is 1. The van der Waals surface area contributed by atoms with Crippen molar-refractivity contribution in [3.05, 3.63) is 29.8 Å². The Balaban J connectivity index is 1.97. The first-order valence-corrected chi connectivity index (χ1v) is 10.1. The first kappa shape index (κ1) is 19.4. The number of rotatable bonds is 7. The Bertz CT molecular complexity index is 716. The van der Waals surface area contributed by atoms with Gasteiger partial charge in [0.15, 0.2) is 0 Å².